The fraction of sp³-hybridized carbons (Fsp3) is 0.357. The molecular formula is C14H18N2O3. The number of aromatic nitrogens is 1. The van der Waals surface area contributed by atoms with Gasteiger partial charge in [0, 0.05) is 18.5 Å². The molecular weight excluding hydrogens is 244 g/mol. The Morgan fingerprint density at radius 1 is 1.26 bits per heavy atom. The normalized spacial score (nSPS) is 10.7. The van der Waals surface area contributed by atoms with E-state index in [9.17, 15) is 4.79 Å². The van der Waals surface area contributed by atoms with Crippen molar-refractivity contribution < 1.29 is 14.4 Å². The molecule has 5 heteroatoms. The number of carbonyl (C=O) groups is 1. The van der Waals surface area contributed by atoms with Crippen LogP contribution in [-0.4, -0.2) is 35.9 Å². The molecule has 2 rings (SSSR count). The third-order valence-corrected chi connectivity index (χ3v) is 2.75. The summed E-state index contributed by atoms with van der Waals surface area (Å²) >= 11 is 0. The standard InChI is InChI=1S/C14H18N2O3/c1-4-18-13-10-11-8-6-7-9-12(11)16(13)14(17)15(3)19-5-2/h6-10H,4-5H2,1-3H3. The molecule has 0 aliphatic heterocycles. The first-order valence-electron chi connectivity index (χ1n) is 6.33. The van der Waals surface area contributed by atoms with Crippen LogP contribution in [0.3, 0.4) is 0 Å². The lowest BCUT2D eigenvalue weighted by atomic mass is 10.2. The van der Waals surface area contributed by atoms with E-state index in [0.29, 0.717) is 19.1 Å². The van der Waals surface area contributed by atoms with E-state index in [4.69, 9.17) is 9.57 Å². The average molecular weight is 262 g/mol. The molecule has 0 spiro atoms. The number of rotatable bonds is 4. The maximum atomic E-state index is 12.4. The molecule has 1 amide bonds. The molecule has 0 saturated carbocycles. The molecule has 102 valence electrons. The number of amides is 1. The third kappa shape index (κ3) is 2.56. The highest BCUT2D eigenvalue weighted by Gasteiger charge is 2.19. The first-order chi connectivity index (χ1) is 9.19. The molecule has 2 aromatic rings. The molecule has 0 aliphatic carbocycles. The lowest BCUT2D eigenvalue weighted by Gasteiger charge is -2.18. The third-order valence-electron chi connectivity index (χ3n) is 2.75. The van der Waals surface area contributed by atoms with E-state index >= 15 is 0 Å². The summed E-state index contributed by atoms with van der Waals surface area (Å²) in [5, 5.41) is 2.18. The van der Waals surface area contributed by atoms with Gasteiger partial charge in [0.05, 0.1) is 18.7 Å². The molecule has 1 heterocycles. The molecule has 1 aromatic carbocycles. The van der Waals surface area contributed by atoms with Crippen LogP contribution < -0.4 is 4.74 Å². The Hall–Kier alpha value is -2.01. The number of hydroxylamine groups is 2. The molecule has 0 radical (unpaired) electrons. The quantitative estimate of drug-likeness (QED) is 0.796. The number of ether oxygens (including phenoxy) is 1. The fourth-order valence-corrected chi connectivity index (χ4v) is 1.97. The molecule has 5 nitrogen and oxygen atoms in total. The summed E-state index contributed by atoms with van der Waals surface area (Å²) in [6.45, 7) is 4.66. The van der Waals surface area contributed by atoms with E-state index in [-0.39, 0.29) is 6.03 Å². The molecule has 0 aliphatic rings. The number of carbonyl (C=O) groups excluding carboxylic acids is 1. The average Bonchev–Trinajstić information content (AvgIpc) is 2.76. The Morgan fingerprint density at radius 2 is 2.00 bits per heavy atom. The van der Waals surface area contributed by atoms with E-state index in [0.717, 1.165) is 10.9 Å². The summed E-state index contributed by atoms with van der Waals surface area (Å²) in [6.07, 6.45) is 0. The highest BCUT2D eigenvalue weighted by molar-refractivity contribution is 5.93. The van der Waals surface area contributed by atoms with Gasteiger partial charge in [0.1, 0.15) is 0 Å². The van der Waals surface area contributed by atoms with Gasteiger partial charge in [0.25, 0.3) is 0 Å². The van der Waals surface area contributed by atoms with Crippen LogP contribution in [0.4, 0.5) is 4.79 Å². The first-order valence-corrected chi connectivity index (χ1v) is 6.33. The molecule has 0 saturated heterocycles. The summed E-state index contributed by atoms with van der Waals surface area (Å²) in [7, 11) is 1.59. The van der Waals surface area contributed by atoms with Gasteiger partial charge in [-0.05, 0) is 19.9 Å². The molecule has 0 unspecified atom stereocenters. The maximum Gasteiger partial charge on any atom is 0.355 e. The zero-order chi connectivity index (χ0) is 13.8. The van der Waals surface area contributed by atoms with Crippen LogP contribution in [0.1, 0.15) is 13.8 Å². The van der Waals surface area contributed by atoms with Crippen LogP contribution in [0.5, 0.6) is 5.88 Å². The zero-order valence-corrected chi connectivity index (χ0v) is 11.4. The Balaban J connectivity index is 2.49. The smallest absolute Gasteiger partial charge is 0.355 e. The maximum absolute atomic E-state index is 12.4. The van der Waals surface area contributed by atoms with Crippen molar-refractivity contribution in [3.8, 4) is 5.88 Å². The summed E-state index contributed by atoms with van der Waals surface area (Å²) in [6, 6.07) is 9.24. The zero-order valence-electron chi connectivity index (χ0n) is 11.4. The SMILES string of the molecule is CCOc1cc2ccccc2n1C(=O)N(C)OCC. The molecule has 19 heavy (non-hydrogen) atoms. The second-order valence-corrected chi connectivity index (χ2v) is 4.01. The van der Waals surface area contributed by atoms with Gasteiger partial charge < -0.3 is 4.74 Å². The predicted octanol–water partition coefficient (Wildman–Crippen LogP) is 2.89. The van der Waals surface area contributed by atoms with E-state index in [1.165, 1.54) is 9.63 Å². The lowest BCUT2D eigenvalue weighted by Crippen LogP contribution is -2.31. The fourth-order valence-electron chi connectivity index (χ4n) is 1.97. The second kappa shape index (κ2) is 5.75. The first kappa shape index (κ1) is 13.4. The van der Waals surface area contributed by atoms with E-state index in [2.05, 4.69) is 0 Å². The van der Waals surface area contributed by atoms with Gasteiger partial charge >= 0.3 is 6.03 Å². The van der Waals surface area contributed by atoms with Gasteiger partial charge in [-0.3, -0.25) is 4.84 Å². The van der Waals surface area contributed by atoms with Gasteiger partial charge in [0.15, 0.2) is 0 Å². The minimum atomic E-state index is -0.272. The van der Waals surface area contributed by atoms with E-state index in [1.54, 1.807) is 7.05 Å². The molecule has 1 aromatic heterocycles. The number of nitrogens with zero attached hydrogens (tertiary/aromatic N) is 2. The largest absolute Gasteiger partial charge is 0.479 e. The Kier molecular flexibility index (Phi) is 4.06. The van der Waals surface area contributed by atoms with Crippen LogP contribution in [0.15, 0.2) is 30.3 Å². The van der Waals surface area contributed by atoms with Crippen LogP contribution in [0.2, 0.25) is 0 Å². The number of para-hydroxylation sites is 1. The lowest BCUT2D eigenvalue weighted by molar-refractivity contribution is -0.0919. The monoisotopic (exact) mass is 262 g/mol. The summed E-state index contributed by atoms with van der Waals surface area (Å²) in [5.74, 6) is 0.528. The van der Waals surface area contributed by atoms with Crippen molar-refractivity contribution in [3.63, 3.8) is 0 Å². The van der Waals surface area contributed by atoms with Crippen molar-refractivity contribution in [1.29, 1.82) is 0 Å². The number of fused-ring (bicyclic) bond motifs is 1. The Morgan fingerprint density at radius 3 is 2.68 bits per heavy atom. The van der Waals surface area contributed by atoms with E-state index in [1.807, 2.05) is 44.2 Å². The molecule has 0 fully saturated rings. The number of hydrogen-bond donors (Lipinski definition) is 0. The van der Waals surface area contributed by atoms with Gasteiger partial charge in [-0.15, -0.1) is 0 Å². The molecule has 0 atom stereocenters. The van der Waals surface area contributed by atoms with Crippen molar-refractivity contribution in [2.24, 2.45) is 0 Å². The van der Waals surface area contributed by atoms with Crippen LogP contribution >= 0.6 is 0 Å². The molecule has 0 bridgehead atoms. The topological polar surface area (TPSA) is 43.7 Å². The van der Waals surface area contributed by atoms with Gasteiger partial charge in [-0.1, -0.05) is 18.2 Å². The minimum absolute atomic E-state index is 0.272. The number of benzene rings is 1. The Labute approximate surface area is 112 Å². The van der Waals surface area contributed by atoms with Gasteiger partial charge in [-0.2, -0.15) is 0 Å². The van der Waals surface area contributed by atoms with Crippen LogP contribution in [0.25, 0.3) is 10.9 Å². The van der Waals surface area contributed by atoms with Crippen molar-refractivity contribution >= 4 is 16.9 Å². The van der Waals surface area contributed by atoms with Crippen molar-refractivity contribution in [1.82, 2.24) is 9.63 Å². The van der Waals surface area contributed by atoms with Gasteiger partial charge in [0.2, 0.25) is 5.88 Å². The van der Waals surface area contributed by atoms with Crippen LogP contribution in [-0.2, 0) is 4.84 Å². The minimum Gasteiger partial charge on any atom is -0.479 e. The number of hydrogen-bond acceptors (Lipinski definition) is 3. The van der Waals surface area contributed by atoms with E-state index < -0.39 is 0 Å². The van der Waals surface area contributed by atoms with Crippen LogP contribution in [0, 0.1) is 0 Å². The van der Waals surface area contributed by atoms with Crippen molar-refractivity contribution in [2.75, 3.05) is 20.3 Å². The highest BCUT2D eigenvalue weighted by atomic mass is 16.7. The summed E-state index contributed by atoms with van der Waals surface area (Å²) in [4.78, 5) is 17.6. The summed E-state index contributed by atoms with van der Waals surface area (Å²) in [5.41, 5.74) is 0.808. The predicted molar refractivity (Wildman–Crippen MR) is 73.3 cm³/mol. The summed E-state index contributed by atoms with van der Waals surface area (Å²) < 4.78 is 7.05. The van der Waals surface area contributed by atoms with Crippen molar-refractivity contribution in [3.05, 3.63) is 30.3 Å². The molecule has 0 N–H and O–H groups in total. The Bertz CT molecular complexity index is 577. The van der Waals surface area contributed by atoms with Gasteiger partial charge in [-0.25, -0.2) is 14.4 Å². The highest BCUT2D eigenvalue weighted by Crippen LogP contribution is 2.26. The second-order valence-electron chi connectivity index (χ2n) is 4.01. The van der Waals surface area contributed by atoms with Crippen molar-refractivity contribution in [2.45, 2.75) is 13.8 Å².